The van der Waals surface area contributed by atoms with Gasteiger partial charge in [0.2, 0.25) is 0 Å². The van der Waals surface area contributed by atoms with Crippen LogP contribution in [-0.4, -0.2) is 31.9 Å². The minimum Gasteiger partial charge on any atom is -0.370 e. The minimum absolute atomic E-state index is 0.674. The molecule has 0 N–H and O–H groups in total. The van der Waals surface area contributed by atoms with Crippen LogP contribution in [0, 0.1) is 20.8 Å². The van der Waals surface area contributed by atoms with Crippen molar-refractivity contribution in [2.45, 2.75) is 34.2 Å². The highest BCUT2D eigenvalue weighted by atomic mass is 35.5. The van der Waals surface area contributed by atoms with Gasteiger partial charge >= 0.3 is 0 Å². The molecule has 134 valence electrons. The second kappa shape index (κ2) is 8.39. The number of anilines is 1. The van der Waals surface area contributed by atoms with Crippen molar-refractivity contribution in [3.05, 3.63) is 57.6 Å². The molecule has 2 aromatic rings. The predicted octanol–water partition coefficient (Wildman–Crippen LogP) is 5.51. The smallest absolute Gasteiger partial charge is 0.0910 e. The molecule has 0 aromatic heterocycles. The van der Waals surface area contributed by atoms with Crippen LogP contribution in [0.4, 0.5) is 11.4 Å². The molecule has 25 heavy (non-hydrogen) atoms. The van der Waals surface area contributed by atoms with Crippen molar-refractivity contribution < 1.29 is 0 Å². The maximum atomic E-state index is 6.46. The summed E-state index contributed by atoms with van der Waals surface area (Å²) in [4.78, 5) is 8.75. The minimum atomic E-state index is 0.674. The summed E-state index contributed by atoms with van der Waals surface area (Å²) in [6, 6.07) is 10.7. The molecule has 3 nitrogen and oxygen atoms in total. The van der Waals surface area contributed by atoms with Gasteiger partial charge in [0.1, 0.15) is 0 Å². The maximum absolute atomic E-state index is 6.46. The largest absolute Gasteiger partial charge is 0.370 e. The number of rotatable bonds is 6. The van der Waals surface area contributed by atoms with E-state index in [0.717, 1.165) is 24.5 Å². The number of aliphatic imine (C=N–C) groups is 1. The van der Waals surface area contributed by atoms with Crippen molar-refractivity contribution in [3.63, 3.8) is 0 Å². The Kier molecular flexibility index (Phi) is 6.49. The Labute approximate surface area is 156 Å². The summed E-state index contributed by atoms with van der Waals surface area (Å²) in [7, 11) is 4.09. The third-order valence-corrected chi connectivity index (χ3v) is 4.86. The van der Waals surface area contributed by atoms with E-state index in [2.05, 4.69) is 68.9 Å². The van der Waals surface area contributed by atoms with Gasteiger partial charge in [-0.15, -0.1) is 0 Å². The monoisotopic (exact) mass is 357 g/mol. The molecule has 0 spiro atoms. The molecular formula is C21H28ClN3. The molecule has 0 atom stereocenters. The van der Waals surface area contributed by atoms with E-state index in [4.69, 9.17) is 11.6 Å². The van der Waals surface area contributed by atoms with Gasteiger partial charge in [-0.25, -0.2) is 4.99 Å². The summed E-state index contributed by atoms with van der Waals surface area (Å²) in [6.07, 6.45) is 1.82. The number of aryl methyl sites for hydroxylation is 3. The van der Waals surface area contributed by atoms with Gasteiger partial charge in [0.05, 0.1) is 17.0 Å². The van der Waals surface area contributed by atoms with Crippen LogP contribution in [0.1, 0.15) is 29.2 Å². The number of nitrogens with zero attached hydrogens (tertiary/aromatic N) is 3. The number of halogens is 1. The molecule has 0 heterocycles. The molecular weight excluding hydrogens is 330 g/mol. The standard InChI is InChI=1S/C21H28ClN3/c1-7-24(5)14-23-20-11-17(4)21(12-19(20)22)25(6)13-18-9-8-15(2)16(3)10-18/h8-12,14H,7,13H2,1-6H3/b23-14-. The van der Waals surface area contributed by atoms with E-state index in [-0.39, 0.29) is 0 Å². The van der Waals surface area contributed by atoms with Gasteiger partial charge in [-0.05, 0) is 62.1 Å². The Morgan fingerprint density at radius 1 is 1.00 bits per heavy atom. The van der Waals surface area contributed by atoms with Crippen LogP contribution in [0.3, 0.4) is 0 Å². The molecule has 0 radical (unpaired) electrons. The summed E-state index contributed by atoms with van der Waals surface area (Å²) in [5, 5.41) is 0.674. The fourth-order valence-corrected chi connectivity index (χ4v) is 2.88. The zero-order chi connectivity index (χ0) is 18.6. The van der Waals surface area contributed by atoms with E-state index in [1.54, 1.807) is 0 Å². The molecule has 2 rings (SSSR count). The van der Waals surface area contributed by atoms with Gasteiger partial charge in [-0.1, -0.05) is 29.8 Å². The summed E-state index contributed by atoms with van der Waals surface area (Å²) >= 11 is 6.46. The van der Waals surface area contributed by atoms with Crippen molar-refractivity contribution in [1.29, 1.82) is 0 Å². The van der Waals surface area contributed by atoms with Gasteiger partial charge in [0, 0.05) is 32.9 Å². The van der Waals surface area contributed by atoms with Gasteiger partial charge in [-0.3, -0.25) is 0 Å². The fourth-order valence-electron chi connectivity index (χ4n) is 2.67. The fraction of sp³-hybridized carbons (Fsp3) is 0.381. The molecule has 0 saturated heterocycles. The molecule has 0 saturated carbocycles. The molecule has 0 bridgehead atoms. The number of hydrogen-bond donors (Lipinski definition) is 0. The van der Waals surface area contributed by atoms with Crippen LogP contribution in [-0.2, 0) is 6.54 Å². The normalized spacial score (nSPS) is 11.2. The quantitative estimate of drug-likeness (QED) is 0.501. The lowest BCUT2D eigenvalue weighted by Crippen LogP contribution is -2.17. The Morgan fingerprint density at radius 3 is 2.36 bits per heavy atom. The highest BCUT2D eigenvalue weighted by Crippen LogP contribution is 2.33. The molecule has 0 aliphatic rings. The van der Waals surface area contributed by atoms with Crippen molar-refractivity contribution in [1.82, 2.24) is 4.90 Å². The third kappa shape index (κ3) is 4.99. The second-order valence-corrected chi connectivity index (χ2v) is 7.09. The van der Waals surface area contributed by atoms with Crippen LogP contribution in [0.5, 0.6) is 0 Å². The molecule has 4 heteroatoms. The summed E-state index contributed by atoms with van der Waals surface area (Å²) < 4.78 is 0. The van der Waals surface area contributed by atoms with E-state index in [1.807, 2.05) is 24.4 Å². The first-order valence-electron chi connectivity index (χ1n) is 8.63. The van der Waals surface area contributed by atoms with E-state index >= 15 is 0 Å². The zero-order valence-corrected chi connectivity index (χ0v) is 16.9. The van der Waals surface area contributed by atoms with Gasteiger partial charge in [0.15, 0.2) is 0 Å². The third-order valence-electron chi connectivity index (χ3n) is 4.56. The molecule has 0 unspecified atom stereocenters. The van der Waals surface area contributed by atoms with Gasteiger partial charge in [0.25, 0.3) is 0 Å². The number of benzene rings is 2. The lowest BCUT2D eigenvalue weighted by Gasteiger charge is -2.23. The van der Waals surface area contributed by atoms with Crippen molar-refractivity contribution in [3.8, 4) is 0 Å². The van der Waals surface area contributed by atoms with E-state index in [1.165, 1.54) is 22.3 Å². The van der Waals surface area contributed by atoms with Gasteiger partial charge < -0.3 is 9.80 Å². The highest BCUT2D eigenvalue weighted by molar-refractivity contribution is 6.33. The van der Waals surface area contributed by atoms with Crippen molar-refractivity contribution in [2.75, 3.05) is 25.5 Å². The first kappa shape index (κ1) is 19.3. The average molecular weight is 358 g/mol. The second-order valence-electron chi connectivity index (χ2n) is 6.68. The van der Waals surface area contributed by atoms with E-state index in [9.17, 15) is 0 Å². The van der Waals surface area contributed by atoms with Crippen LogP contribution >= 0.6 is 11.6 Å². The Morgan fingerprint density at radius 2 is 1.72 bits per heavy atom. The lowest BCUT2D eigenvalue weighted by molar-refractivity contribution is 0.552. The molecule has 0 fully saturated rings. The average Bonchev–Trinajstić information content (AvgIpc) is 2.58. The SMILES string of the molecule is CCN(C)/C=N\c1cc(C)c(N(C)Cc2ccc(C)c(C)c2)cc1Cl. The Balaban J connectivity index is 2.22. The first-order chi connectivity index (χ1) is 11.8. The van der Waals surface area contributed by atoms with Crippen LogP contribution in [0.2, 0.25) is 5.02 Å². The maximum Gasteiger partial charge on any atom is 0.0910 e. The summed E-state index contributed by atoms with van der Waals surface area (Å²) in [5.41, 5.74) is 7.05. The molecule has 2 aromatic carbocycles. The van der Waals surface area contributed by atoms with Crippen LogP contribution < -0.4 is 4.90 Å². The van der Waals surface area contributed by atoms with Gasteiger partial charge in [-0.2, -0.15) is 0 Å². The van der Waals surface area contributed by atoms with Crippen LogP contribution in [0.25, 0.3) is 0 Å². The molecule has 0 amide bonds. The van der Waals surface area contributed by atoms with Crippen molar-refractivity contribution >= 4 is 29.3 Å². The molecule has 0 aliphatic heterocycles. The topological polar surface area (TPSA) is 18.8 Å². The Bertz CT molecular complexity index is 768. The van der Waals surface area contributed by atoms with E-state index in [0.29, 0.717) is 5.02 Å². The molecule has 0 aliphatic carbocycles. The Hall–Kier alpha value is -2.00. The highest BCUT2D eigenvalue weighted by Gasteiger charge is 2.10. The van der Waals surface area contributed by atoms with Crippen molar-refractivity contribution in [2.24, 2.45) is 4.99 Å². The van der Waals surface area contributed by atoms with Crippen LogP contribution in [0.15, 0.2) is 35.3 Å². The zero-order valence-electron chi connectivity index (χ0n) is 16.1. The number of hydrogen-bond acceptors (Lipinski definition) is 2. The summed E-state index contributed by atoms with van der Waals surface area (Å²) in [6.45, 7) is 10.2. The predicted molar refractivity (Wildman–Crippen MR) is 111 cm³/mol. The van der Waals surface area contributed by atoms with E-state index < -0.39 is 0 Å². The summed E-state index contributed by atoms with van der Waals surface area (Å²) in [5.74, 6) is 0. The lowest BCUT2D eigenvalue weighted by atomic mass is 10.1. The first-order valence-corrected chi connectivity index (χ1v) is 9.01.